The molecule has 3 heteroatoms. The maximum Gasteiger partial charge on any atom is 0.0416 e. The average Bonchev–Trinajstić information content (AvgIpc) is 2.54. The van der Waals surface area contributed by atoms with Crippen molar-refractivity contribution in [3.63, 3.8) is 0 Å². The SMILES string of the molecule is CN(C/C=C/c1ccc(N(C)C)cc1)CCc1ccccn1. The zero-order valence-corrected chi connectivity index (χ0v) is 13.7. The van der Waals surface area contributed by atoms with Crippen LogP contribution < -0.4 is 4.90 Å². The topological polar surface area (TPSA) is 19.4 Å². The van der Waals surface area contributed by atoms with Gasteiger partial charge in [0.2, 0.25) is 0 Å². The molecule has 0 aliphatic carbocycles. The van der Waals surface area contributed by atoms with Crippen molar-refractivity contribution in [2.45, 2.75) is 6.42 Å². The quantitative estimate of drug-likeness (QED) is 0.781. The van der Waals surface area contributed by atoms with Crippen molar-refractivity contribution in [2.75, 3.05) is 39.1 Å². The molecule has 0 amide bonds. The van der Waals surface area contributed by atoms with Crippen molar-refractivity contribution >= 4 is 11.8 Å². The molecule has 0 saturated carbocycles. The molecule has 0 unspecified atom stereocenters. The number of pyridine rings is 1. The predicted molar refractivity (Wildman–Crippen MR) is 95.2 cm³/mol. The van der Waals surface area contributed by atoms with E-state index in [4.69, 9.17) is 0 Å². The summed E-state index contributed by atoms with van der Waals surface area (Å²) in [5.41, 5.74) is 3.62. The van der Waals surface area contributed by atoms with Crippen LogP contribution in [0.15, 0.2) is 54.7 Å². The Morgan fingerprint density at radius 3 is 2.41 bits per heavy atom. The van der Waals surface area contributed by atoms with Gasteiger partial charge in [-0.3, -0.25) is 4.98 Å². The van der Waals surface area contributed by atoms with Crippen LogP contribution in [0.5, 0.6) is 0 Å². The fraction of sp³-hybridized carbons (Fsp3) is 0.316. The lowest BCUT2D eigenvalue weighted by atomic mass is 10.2. The zero-order valence-electron chi connectivity index (χ0n) is 13.7. The van der Waals surface area contributed by atoms with Gasteiger partial charge in [-0.2, -0.15) is 0 Å². The molecule has 116 valence electrons. The van der Waals surface area contributed by atoms with Gasteiger partial charge in [-0.1, -0.05) is 30.4 Å². The first-order valence-electron chi connectivity index (χ1n) is 7.67. The molecular weight excluding hydrogens is 270 g/mol. The second-order valence-electron chi connectivity index (χ2n) is 5.72. The fourth-order valence-corrected chi connectivity index (χ4v) is 2.20. The molecule has 1 aromatic carbocycles. The summed E-state index contributed by atoms with van der Waals surface area (Å²) in [6.45, 7) is 1.96. The Bertz CT molecular complexity index is 573. The van der Waals surface area contributed by atoms with E-state index in [0.717, 1.165) is 25.2 Å². The van der Waals surface area contributed by atoms with Gasteiger partial charge in [-0.05, 0) is 36.9 Å². The Morgan fingerprint density at radius 2 is 1.77 bits per heavy atom. The number of hydrogen-bond donors (Lipinski definition) is 0. The Kier molecular flexibility index (Phi) is 6.16. The monoisotopic (exact) mass is 295 g/mol. The first-order chi connectivity index (χ1) is 10.6. The minimum atomic E-state index is 0.947. The number of likely N-dealkylation sites (N-methyl/N-ethyl adjacent to an activating group) is 1. The Labute approximate surface area is 133 Å². The van der Waals surface area contributed by atoms with Crippen LogP contribution in [-0.2, 0) is 6.42 Å². The van der Waals surface area contributed by atoms with Gasteiger partial charge in [-0.15, -0.1) is 0 Å². The summed E-state index contributed by atoms with van der Waals surface area (Å²) in [5, 5.41) is 0. The Morgan fingerprint density at radius 1 is 1.00 bits per heavy atom. The van der Waals surface area contributed by atoms with Crippen molar-refractivity contribution in [1.82, 2.24) is 9.88 Å². The van der Waals surface area contributed by atoms with Crippen LogP contribution >= 0.6 is 0 Å². The summed E-state index contributed by atoms with van der Waals surface area (Å²) in [6, 6.07) is 14.7. The van der Waals surface area contributed by atoms with Crippen LogP contribution in [0.3, 0.4) is 0 Å². The first kappa shape index (κ1) is 16.2. The highest BCUT2D eigenvalue weighted by Crippen LogP contribution is 2.13. The van der Waals surface area contributed by atoms with E-state index < -0.39 is 0 Å². The first-order valence-corrected chi connectivity index (χ1v) is 7.67. The van der Waals surface area contributed by atoms with E-state index in [1.807, 2.05) is 18.3 Å². The number of aromatic nitrogens is 1. The maximum atomic E-state index is 4.35. The molecule has 0 bridgehead atoms. The summed E-state index contributed by atoms with van der Waals surface area (Å²) < 4.78 is 0. The predicted octanol–water partition coefficient (Wildman–Crippen LogP) is 3.34. The third-order valence-electron chi connectivity index (χ3n) is 3.61. The molecule has 0 atom stereocenters. The van der Waals surface area contributed by atoms with Gasteiger partial charge in [0, 0.05) is 51.2 Å². The van der Waals surface area contributed by atoms with Crippen LogP contribution in [0.25, 0.3) is 6.08 Å². The number of rotatable bonds is 7. The van der Waals surface area contributed by atoms with Gasteiger partial charge in [0.15, 0.2) is 0 Å². The van der Waals surface area contributed by atoms with Crippen molar-refractivity contribution in [3.05, 3.63) is 66.0 Å². The average molecular weight is 295 g/mol. The lowest BCUT2D eigenvalue weighted by Crippen LogP contribution is -2.21. The molecular formula is C19H25N3. The minimum Gasteiger partial charge on any atom is -0.378 e. The lowest BCUT2D eigenvalue weighted by molar-refractivity contribution is 0.374. The van der Waals surface area contributed by atoms with E-state index in [2.05, 4.69) is 78.4 Å². The largest absolute Gasteiger partial charge is 0.378 e. The minimum absolute atomic E-state index is 0.947. The van der Waals surface area contributed by atoms with Crippen LogP contribution in [0.2, 0.25) is 0 Å². The summed E-state index contributed by atoms with van der Waals surface area (Å²) >= 11 is 0. The van der Waals surface area contributed by atoms with Crippen molar-refractivity contribution in [1.29, 1.82) is 0 Å². The van der Waals surface area contributed by atoms with Crippen LogP contribution in [0.4, 0.5) is 5.69 Å². The smallest absolute Gasteiger partial charge is 0.0416 e. The Balaban J connectivity index is 1.76. The number of hydrogen-bond acceptors (Lipinski definition) is 3. The van der Waals surface area contributed by atoms with E-state index in [1.165, 1.54) is 11.3 Å². The summed E-state index contributed by atoms with van der Waals surface area (Å²) in [7, 11) is 6.26. The third kappa shape index (κ3) is 5.34. The van der Waals surface area contributed by atoms with Crippen molar-refractivity contribution in [2.24, 2.45) is 0 Å². The molecule has 0 aliphatic heterocycles. The molecule has 1 aromatic heterocycles. The van der Waals surface area contributed by atoms with Gasteiger partial charge in [-0.25, -0.2) is 0 Å². The molecule has 2 rings (SSSR count). The van der Waals surface area contributed by atoms with E-state index in [9.17, 15) is 0 Å². The van der Waals surface area contributed by atoms with Crippen molar-refractivity contribution < 1.29 is 0 Å². The molecule has 0 radical (unpaired) electrons. The highest BCUT2D eigenvalue weighted by molar-refractivity contribution is 5.55. The number of nitrogens with zero attached hydrogens (tertiary/aromatic N) is 3. The van der Waals surface area contributed by atoms with Gasteiger partial charge in [0.05, 0.1) is 0 Å². The second-order valence-corrected chi connectivity index (χ2v) is 5.72. The van der Waals surface area contributed by atoms with E-state index in [0.29, 0.717) is 0 Å². The molecule has 3 nitrogen and oxygen atoms in total. The standard InChI is InChI=1S/C19H25N3/c1-21(2)19-11-9-17(10-12-19)7-6-15-22(3)16-13-18-8-4-5-14-20-18/h4-12,14H,13,15-16H2,1-3H3/b7-6+. The van der Waals surface area contributed by atoms with Crippen LogP contribution in [0, 0.1) is 0 Å². The van der Waals surface area contributed by atoms with Crippen LogP contribution in [0.1, 0.15) is 11.3 Å². The fourth-order valence-electron chi connectivity index (χ4n) is 2.20. The molecule has 22 heavy (non-hydrogen) atoms. The van der Waals surface area contributed by atoms with Gasteiger partial charge in [0.1, 0.15) is 0 Å². The highest BCUT2D eigenvalue weighted by atomic mass is 15.1. The maximum absolute atomic E-state index is 4.35. The van der Waals surface area contributed by atoms with Crippen molar-refractivity contribution in [3.8, 4) is 0 Å². The third-order valence-corrected chi connectivity index (χ3v) is 3.61. The molecule has 0 saturated heterocycles. The van der Waals surface area contributed by atoms with Gasteiger partial charge in [0.25, 0.3) is 0 Å². The molecule has 2 aromatic rings. The van der Waals surface area contributed by atoms with Gasteiger partial charge < -0.3 is 9.80 Å². The van der Waals surface area contributed by atoms with E-state index >= 15 is 0 Å². The molecule has 0 spiro atoms. The Hall–Kier alpha value is -2.13. The van der Waals surface area contributed by atoms with Gasteiger partial charge >= 0.3 is 0 Å². The van der Waals surface area contributed by atoms with Crippen LogP contribution in [-0.4, -0.2) is 44.1 Å². The van der Waals surface area contributed by atoms with E-state index in [1.54, 1.807) is 0 Å². The molecule has 0 N–H and O–H groups in total. The summed E-state index contributed by atoms with van der Waals surface area (Å²) in [5.74, 6) is 0. The summed E-state index contributed by atoms with van der Waals surface area (Å²) in [4.78, 5) is 8.77. The molecule has 1 heterocycles. The zero-order chi connectivity index (χ0) is 15.8. The molecule has 0 fully saturated rings. The van der Waals surface area contributed by atoms with E-state index in [-0.39, 0.29) is 0 Å². The number of benzene rings is 1. The summed E-state index contributed by atoms with van der Waals surface area (Å²) in [6.07, 6.45) is 7.23. The normalized spacial score (nSPS) is 11.3. The highest BCUT2D eigenvalue weighted by Gasteiger charge is 1.98. The number of anilines is 1. The lowest BCUT2D eigenvalue weighted by Gasteiger charge is -2.14. The second kappa shape index (κ2) is 8.35. The molecule has 0 aliphatic rings.